The Balaban J connectivity index is 2.86. The standard InChI is InChI=1S/C14H21N3O4/c1-14(2,13(15)17-19)8-16-12(18)10-6-5-9(20-3)7-11(10)21-4/h5-7,19H,8H2,1-4H3,(H2,15,17)(H,16,18). The molecule has 0 aliphatic rings. The Hall–Kier alpha value is -2.44. The van der Waals surface area contributed by atoms with Crippen molar-refractivity contribution in [1.29, 1.82) is 0 Å². The Kier molecular flexibility index (Phi) is 5.40. The van der Waals surface area contributed by atoms with Crippen LogP contribution in [0, 0.1) is 5.41 Å². The molecule has 0 radical (unpaired) electrons. The Bertz CT molecular complexity index is 541. The number of nitrogens with one attached hydrogen (secondary N) is 1. The molecule has 1 rings (SSSR count). The van der Waals surface area contributed by atoms with E-state index >= 15 is 0 Å². The second-order valence-corrected chi connectivity index (χ2v) is 5.12. The number of amidine groups is 1. The van der Waals surface area contributed by atoms with E-state index in [9.17, 15) is 4.79 Å². The number of hydrogen-bond acceptors (Lipinski definition) is 5. The molecule has 0 heterocycles. The van der Waals surface area contributed by atoms with Crippen LogP contribution in [0.5, 0.6) is 11.5 Å². The van der Waals surface area contributed by atoms with Crippen molar-refractivity contribution in [3.63, 3.8) is 0 Å². The number of rotatable bonds is 6. The Labute approximate surface area is 123 Å². The summed E-state index contributed by atoms with van der Waals surface area (Å²) in [5, 5.41) is 14.4. The zero-order valence-electron chi connectivity index (χ0n) is 12.6. The molecule has 0 saturated carbocycles. The number of carbonyl (C=O) groups excluding carboxylic acids is 1. The summed E-state index contributed by atoms with van der Waals surface area (Å²) < 4.78 is 10.3. The Morgan fingerprint density at radius 3 is 2.57 bits per heavy atom. The molecule has 21 heavy (non-hydrogen) atoms. The molecule has 0 unspecified atom stereocenters. The van der Waals surface area contributed by atoms with Gasteiger partial charge in [0.15, 0.2) is 0 Å². The highest BCUT2D eigenvalue weighted by Crippen LogP contribution is 2.24. The van der Waals surface area contributed by atoms with E-state index in [1.165, 1.54) is 14.2 Å². The first-order chi connectivity index (χ1) is 9.85. The molecule has 0 aromatic heterocycles. The van der Waals surface area contributed by atoms with Crippen molar-refractivity contribution in [1.82, 2.24) is 5.32 Å². The van der Waals surface area contributed by atoms with Gasteiger partial charge in [0, 0.05) is 18.0 Å². The fraction of sp³-hybridized carbons (Fsp3) is 0.429. The number of benzene rings is 1. The monoisotopic (exact) mass is 295 g/mol. The molecule has 0 bridgehead atoms. The van der Waals surface area contributed by atoms with Crippen LogP contribution in [0.1, 0.15) is 24.2 Å². The summed E-state index contributed by atoms with van der Waals surface area (Å²) in [5.41, 5.74) is 5.30. The number of methoxy groups -OCH3 is 2. The fourth-order valence-electron chi connectivity index (χ4n) is 1.61. The summed E-state index contributed by atoms with van der Waals surface area (Å²) in [6.45, 7) is 3.73. The molecule has 1 aromatic rings. The van der Waals surface area contributed by atoms with Crippen LogP contribution in [0.4, 0.5) is 0 Å². The van der Waals surface area contributed by atoms with Gasteiger partial charge in [-0.15, -0.1) is 0 Å². The SMILES string of the molecule is COc1ccc(C(=O)NCC(C)(C)/C(N)=N/O)c(OC)c1. The lowest BCUT2D eigenvalue weighted by atomic mass is 9.92. The maximum Gasteiger partial charge on any atom is 0.255 e. The van der Waals surface area contributed by atoms with Gasteiger partial charge in [0.1, 0.15) is 17.3 Å². The van der Waals surface area contributed by atoms with E-state index in [-0.39, 0.29) is 18.3 Å². The van der Waals surface area contributed by atoms with Gasteiger partial charge in [0.25, 0.3) is 5.91 Å². The number of nitrogens with zero attached hydrogens (tertiary/aromatic N) is 1. The number of ether oxygens (including phenoxy) is 2. The van der Waals surface area contributed by atoms with E-state index in [0.29, 0.717) is 17.1 Å². The first kappa shape index (κ1) is 16.6. The van der Waals surface area contributed by atoms with Gasteiger partial charge in [-0.05, 0) is 12.1 Å². The average Bonchev–Trinajstić information content (AvgIpc) is 2.50. The highest BCUT2D eigenvalue weighted by Gasteiger charge is 2.25. The van der Waals surface area contributed by atoms with Crippen molar-refractivity contribution in [2.24, 2.45) is 16.3 Å². The molecule has 0 aliphatic heterocycles. The smallest absolute Gasteiger partial charge is 0.255 e. The van der Waals surface area contributed by atoms with Gasteiger partial charge in [-0.2, -0.15) is 0 Å². The van der Waals surface area contributed by atoms with Gasteiger partial charge < -0.3 is 25.7 Å². The molecule has 1 amide bonds. The maximum atomic E-state index is 12.2. The average molecular weight is 295 g/mol. The number of oxime groups is 1. The van der Waals surface area contributed by atoms with Crippen LogP contribution in [0.3, 0.4) is 0 Å². The number of carbonyl (C=O) groups is 1. The van der Waals surface area contributed by atoms with Crippen LogP contribution in [0.15, 0.2) is 23.4 Å². The molecule has 7 nitrogen and oxygen atoms in total. The third-order valence-electron chi connectivity index (χ3n) is 3.15. The van der Waals surface area contributed by atoms with Crippen molar-refractivity contribution >= 4 is 11.7 Å². The third-order valence-corrected chi connectivity index (χ3v) is 3.15. The van der Waals surface area contributed by atoms with Crippen LogP contribution in [0.25, 0.3) is 0 Å². The highest BCUT2D eigenvalue weighted by molar-refractivity contribution is 5.97. The van der Waals surface area contributed by atoms with Gasteiger partial charge in [-0.1, -0.05) is 19.0 Å². The normalized spacial score (nSPS) is 11.9. The fourth-order valence-corrected chi connectivity index (χ4v) is 1.61. The van der Waals surface area contributed by atoms with Crippen molar-refractivity contribution in [2.45, 2.75) is 13.8 Å². The summed E-state index contributed by atoms with van der Waals surface area (Å²) in [6.07, 6.45) is 0. The number of hydrogen-bond donors (Lipinski definition) is 3. The van der Waals surface area contributed by atoms with Crippen molar-refractivity contribution in [3.8, 4) is 11.5 Å². The van der Waals surface area contributed by atoms with Crippen LogP contribution in [-0.4, -0.2) is 37.7 Å². The Morgan fingerprint density at radius 1 is 1.38 bits per heavy atom. The van der Waals surface area contributed by atoms with Gasteiger partial charge in [-0.3, -0.25) is 4.79 Å². The summed E-state index contributed by atoms with van der Waals surface area (Å²) in [4.78, 5) is 12.2. The molecule has 0 atom stereocenters. The molecule has 0 spiro atoms. The van der Waals surface area contributed by atoms with Crippen molar-refractivity contribution < 1.29 is 19.5 Å². The summed E-state index contributed by atoms with van der Waals surface area (Å²) in [5.74, 6) is 0.742. The lowest BCUT2D eigenvalue weighted by Gasteiger charge is -2.23. The predicted molar refractivity (Wildman–Crippen MR) is 79.1 cm³/mol. The maximum absolute atomic E-state index is 12.2. The van der Waals surface area contributed by atoms with Crippen LogP contribution in [0.2, 0.25) is 0 Å². The zero-order valence-corrected chi connectivity index (χ0v) is 12.6. The van der Waals surface area contributed by atoms with Gasteiger partial charge in [0.2, 0.25) is 0 Å². The van der Waals surface area contributed by atoms with E-state index < -0.39 is 5.41 Å². The molecule has 1 aromatic carbocycles. The molecule has 116 valence electrons. The first-order valence-electron chi connectivity index (χ1n) is 6.34. The molecular weight excluding hydrogens is 274 g/mol. The van der Waals surface area contributed by atoms with Crippen LogP contribution < -0.4 is 20.5 Å². The van der Waals surface area contributed by atoms with E-state index in [1.54, 1.807) is 32.0 Å². The van der Waals surface area contributed by atoms with Crippen molar-refractivity contribution in [2.75, 3.05) is 20.8 Å². The summed E-state index contributed by atoms with van der Waals surface area (Å²) in [7, 11) is 3.01. The second kappa shape index (κ2) is 6.83. The minimum Gasteiger partial charge on any atom is -0.497 e. The Morgan fingerprint density at radius 2 is 2.05 bits per heavy atom. The zero-order chi connectivity index (χ0) is 16.0. The predicted octanol–water partition coefficient (Wildman–Crippen LogP) is 1.21. The second-order valence-electron chi connectivity index (χ2n) is 5.12. The van der Waals surface area contributed by atoms with Gasteiger partial charge >= 0.3 is 0 Å². The molecular formula is C14H21N3O4. The molecule has 4 N–H and O–H groups in total. The van der Waals surface area contributed by atoms with E-state index in [4.69, 9.17) is 20.4 Å². The molecule has 7 heteroatoms. The van der Waals surface area contributed by atoms with Gasteiger partial charge in [0.05, 0.1) is 19.8 Å². The van der Waals surface area contributed by atoms with E-state index in [0.717, 1.165) is 0 Å². The number of nitrogens with two attached hydrogens (primary N) is 1. The highest BCUT2D eigenvalue weighted by atomic mass is 16.5. The minimum atomic E-state index is -0.663. The lowest BCUT2D eigenvalue weighted by molar-refractivity contribution is 0.0941. The van der Waals surface area contributed by atoms with E-state index in [2.05, 4.69) is 10.5 Å². The largest absolute Gasteiger partial charge is 0.497 e. The molecule has 0 fully saturated rings. The summed E-state index contributed by atoms with van der Waals surface area (Å²) in [6, 6.07) is 4.92. The van der Waals surface area contributed by atoms with E-state index in [1.807, 2.05) is 0 Å². The lowest BCUT2D eigenvalue weighted by Crippen LogP contribution is -2.42. The molecule has 0 aliphatic carbocycles. The third kappa shape index (κ3) is 4.01. The topological polar surface area (TPSA) is 106 Å². The van der Waals surface area contributed by atoms with Crippen LogP contribution in [-0.2, 0) is 0 Å². The first-order valence-corrected chi connectivity index (χ1v) is 6.34. The van der Waals surface area contributed by atoms with Crippen LogP contribution >= 0.6 is 0 Å². The van der Waals surface area contributed by atoms with Gasteiger partial charge in [-0.25, -0.2) is 0 Å². The molecule has 0 saturated heterocycles. The summed E-state index contributed by atoms with van der Waals surface area (Å²) >= 11 is 0. The number of amides is 1. The van der Waals surface area contributed by atoms with Crippen molar-refractivity contribution in [3.05, 3.63) is 23.8 Å². The minimum absolute atomic E-state index is 0.0458. The quantitative estimate of drug-likeness (QED) is 0.316.